The van der Waals surface area contributed by atoms with E-state index in [2.05, 4.69) is 15.9 Å². The molecule has 0 saturated carbocycles. The van der Waals surface area contributed by atoms with E-state index in [0.717, 1.165) is 0 Å². The number of carbonyl (C=O) groups is 1. The van der Waals surface area contributed by atoms with Crippen LogP contribution in [0.1, 0.15) is 33.2 Å². The Morgan fingerprint density at radius 1 is 1.29 bits per heavy atom. The van der Waals surface area contributed by atoms with Crippen LogP contribution in [0.4, 0.5) is 0 Å². The third kappa shape index (κ3) is 3.06. The minimum absolute atomic E-state index is 0.245. The molecule has 0 heterocycles. The summed E-state index contributed by atoms with van der Waals surface area (Å²) in [6.07, 6.45) is -1.93. The lowest BCUT2D eigenvalue weighted by Gasteiger charge is -2.18. The molecule has 0 aliphatic carbocycles. The van der Waals surface area contributed by atoms with Gasteiger partial charge in [0.15, 0.2) is 0 Å². The molecule has 0 bridgehead atoms. The van der Waals surface area contributed by atoms with Gasteiger partial charge < -0.3 is 15.3 Å². The number of carboxylic acid groups (broad SMARTS) is 1. The first kappa shape index (κ1) is 14.2. The van der Waals surface area contributed by atoms with Crippen molar-refractivity contribution in [1.82, 2.24) is 0 Å². The quantitative estimate of drug-likeness (QED) is 0.741. The number of rotatable bonds is 4. The first-order valence-corrected chi connectivity index (χ1v) is 6.27. The maximum absolute atomic E-state index is 11.0. The molecular formula is C12H15BrO4. The Bertz CT molecular complexity index is 408. The van der Waals surface area contributed by atoms with Gasteiger partial charge in [-0.15, -0.1) is 0 Å². The van der Waals surface area contributed by atoms with Gasteiger partial charge in [-0.3, -0.25) is 0 Å². The Balaban J connectivity index is 3.19. The SMILES string of the molecule is Cc1cc(C(O)C(O)CBr)cc(C)c1C(=O)O. The molecule has 0 amide bonds. The van der Waals surface area contributed by atoms with Gasteiger partial charge in [0.25, 0.3) is 0 Å². The highest BCUT2D eigenvalue weighted by Gasteiger charge is 2.20. The Labute approximate surface area is 108 Å². The average molecular weight is 303 g/mol. The van der Waals surface area contributed by atoms with Crippen LogP contribution in [-0.4, -0.2) is 32.7 Å². The molecule has 0 aliphatic heterocycles. The van der Waals surface area contributed by atoms with Crippen molar-refractivity contribution in [2.75, 3.05) is 5.33 Å². The highest BCUT2D eigenvalue weighted by Crippen LogP contribution is 2.24. The number of aromatic carboxylic acids is 1. The van der Waals surface area contributed by atoms with Crippen LogP contribution in [0.2, 0.25) is 0 Å². The van der Waals surface area contributed by atoms with Crippen molar-refractivity contribution in [1.29, 1.82) is 0 Å². The lowest BCUT2D eigenvalue weighted by molar-refractivity contribution is 0.0342. The van der Waals surface area contributed by atoms with Crippen molar-refractivity contribution < 1.29 is 20.1 Å². The first-order chi connectivity index (χ1) is 7.88. The smallest absolute Gasteiger partial charge is 0.336 e. The molecule has 5 heteroatoms. The number of benzene rings is 1. The molecule has 2 atom stereocenters. The van der Waals surface area contributed by atoms with Crippen molar-refractivity contribution in [3.8, 4) is 0 Å². The van der Waals surface area contributed by atoms with Gasteiger partial charge in [-0.05, 0) is 30.5 Å². The zero-order valence-corrected chi connectivity index (χ0v) is 11.2. The summed E-state index contributed by atoms with van der Waals surface area (Å²) in [6.45, 7) is 3.35. The summed E-state index contributed by atoms with van der Waals surface area (Å²) in [4.78, 5) is 11.0. The van der Waals surface area contributed by atoms with Gasteiger partial charge in [0.2, 0.25) is 0 Å². The summed E-state index contributed by atoms with van der Waals surface area (Å²) in [5.41, 5.74) is 1.92. The summed E-state index contributed by atoms with van der Waals surface area (Å²) in [6, 6.07) is 3.18. The fraction of sp³-hybridized carbons (Fsp3) is 0.417. The fourth-order valence-electron chi connectivity index (χ4n) is 1.81. The summed E-state index contributed by atoms with van der Waals surface area (Å²) in [7, 11) is 0. The van der Waals surface area contributed by atoms with Crippen molar-refractivity contribution in [3.63, 3.8) is 0 Å². The van der Waals surface area contributed by atoms with E-state index >= 15 is 0 Å². The van der Waals surface area contributed by atoms with Crippen LogP contribution in [0.15, 0.2) is 12.1 Å². The molecule has 1 aromatic carbocycles. The molecule has 1 rings (SSSR count). The standard InChI is InChI=1S/C12H15BrO4/c1-6-3-8(11(15)9(14)5-13)4-7(2)10(6)12(16)17/h3-4,9,11,14-15H,5H2,1-2H3,(H,16,17). The van der Waals surface area contributed by atoms with E-state index in [1.54, 1.807) is 26.0 Å². The molecule has 0 fully saturated rings. The van der Waals surface area contributed by atoms with Gasteiger partial charge in [-0.1, -0.05) is 28.1 Å². The van der Waals surface area contributed by atoms with E-state index in [9.17, 15) is 15.0 Å². The lowest BCUT2D eigenvalue weighted by Crippen LogP contribution is -2.20. The van der Waals surface area contributed by atoms with E-state index in [1.807, 2.05) is 0 Å². The topological polar surface area (TPSA) is 77.8 Å². The maximum atomic E-state index is 11.0. The van der Waals surface area contributed by atoms with Gasteiger partial charge in [-0.25, -0.2) is 4.79 Å². The Morgan fingerprint density at radius 2 is 1.76 bits per heavy atom. The molecule has 2 unspecified atom stereocenters. The van der Waals surface area contributed by atoms with Gasteiger partial charge in [0, 0.05) is 5.33 Å². The van der Waals surface area contributed by atoms with E-state index in [4.69, 9.17) is 5.11 Å². The summed E-state index contributed by atoms with van der Waals surface area (Å²) < 4.78 is 0. The molecule has 4 nitrogen and oxygen atoms in total. The number of hydrogen-bond donors (Lipinski definition) is 3. The van der Waals surface area contributed by atoms with Crippen molar-refractivity contribution in [3.05, 3.63) is 34.4 Å². The molecule has 3 N–H and O–H groups in total. The largest absolute Gasteiger partial charge is 0.478 e. The average Bonchev–Trinajstić information content (AvgIpc) is 2.25. The number of aliphatic hydroxyl groups is 2. The predicted molar refractivity (Wildman–Crippen MR) is 67.6 cm³/mol. The van der Waals surface area contributed by atoms with Gasteiger partial charge >= 0.3 is 5.97 Å². The third-order valence-corrected chi connectivity index (χ3v) is 3.30. The number of alkyl halides is 1. The van der Waals surface area contributed by atoms with E-state index in [-0.39, 0.29) is 10.9 Å². The third-order valence-electron chi connectivity index (χ3n) is 2.63. The second kappa shape index (κ2) is 5.62. The molecular weight excluding hydrogens is 288 g/mol. The minimum atomic E-state index is -1.02. The second-order valence-corrected chi connectivity index (χ2v) is 4.65. The molecule has 0 aromatic heterocycles. The van der Waals surface area contributed by atoms with Gasteiger partial charge in [0.05, 0.1) is 11.7 Å². The van der Waals surface area contributed by atoms with Crippen molar-refractivity contribution in [2.45, 2.75) is 26.1 Å². The van der Waals surface area contributed by atoms with Gasteiger partial charge in [0.1, 0.15) is 6.10 Å². The van der Waals surface area contributed by atoms with Crippen molar-refractivity contribution in [2.24, 2.45) is 0 Å². The molecule has 0 saturated heterocycles. The number of aliphatic hydroxyl groups excluding tert-OH is 2. The van der Waals surface area contributed by atoms with Gasteiger partial charge in [-0.2, -0.15) is 0 Å². The molecule has 0 spiro atoms. The zero-order valence-electron chi connectivity index (χ0n) is 9.64. The number of aryl methyl sites for hydroxylation is 2. The molecule has 0 radical (unpaired) electrons. The Morgan fingerprint density at radius 3 is 2.12 bits per heavy atom. The second-order valence-electron chi connectivity index (χ2n) is 4.00. The van der Waals surface area contributed by atoms with Crippen LogP contribution in [0, 0.1) is 13.8 Å². The maximum Gasteiger partial charge on any atom is 0.336 e. The predicted octanol–water partition coefficient (Wildman–Crippen LogP) is 1.79. The van der Waals surface area contributed by atoms with E-state index in [0.29, 0.717) is 16.7 Å². The minimum Gasteiger partial charge on any atom is -0.478 e. The van der Waals surface area contributed by atoms with Crippen LogP contribution in [0.3, 0.4) is 0 Å². The molecule has 94 valence electrons. The normalized spacial score (nSPS) is 14.4. The highest BCUT2D eigenvalue weighted by molar-refractivity contribution is 9.09. The van der Waals surface area contributed by atoms with Crippen LogP contribution < -0.4 is 0 Å². The number of carboxylic acids is 1. The Kier molecular flexibility index (Phi) is 4.68. The summed E-state index contributed by atoms with van der Waals surface area (Å²) >= 11 is 3.08. The number of hydrogen-bond acceptors (Lipinski definition) is 3. The Hall–Kier alpha value is -0.910. The highest BCUT2D eigenvalue weighted by atomic mass is 79.9. The van der Waals surface area contributed by atoms with Crippen LogP contribution in [-0.2, 0) is 0 Å². The molecule has 0 aliphatic rings. The lowest BCUT2D eigenvalue weighted by atomic mass is 9.95. The van der Waals surface area contributed by atoms with Crippen LogP contribution in [0.25, 0.3) is 0 Å². The fourth-order valence-corrected chi connectivity index (χ4v) is 2.17. The van der Waals surface area contributed by atoms with E-state index < -0.39 is 18.2 Å². The molecule has 1 aromatic rings. The van der Waals surface area contributed by atoms with Crippen LogP contribution >= 0.6 is 15.9 Å². The van der Waals surface area contributed by atoms with Crippen molar-refractivity contribution >= 4 is 21.9 Å². The van der Waals surface area contributed by atoms with Crippen LogP contribution in [0.5, 0.6) is 0 Å². The monoisotopic (exact) mass is 302 g/mol. The molecule has 17 heavy (non-hydrogen) atoms. The summed E-state index contributed by atoms with van der Waals surface area (Å²) in [5, 5.41) is 28.6. The number of halogens is 1. The first-order valence-electron chi connectivity index (χ1n) is 5.15. The zero-order chi connectivity index (χ0) is 13.2. The van der Waals surface area contributed by atoms with E-state index in [1.165, 1.54) is 0 Å². The summed E-state index contributed by atoms with van der Waals surface area (Å²) in [5.74, 6) is -0.984.